The third-order valence-electron chi connectivity index (χ3n) is 2.59. The van der Waals surface area contributed by atoms with E-state index in [4.69, 9.17) is 14.6 Å². The van der Waals surface area contributed by atoms with Crippen LogP contribution >= 0.6 is 0 Å². The summed E-state index contributed by atoms with van der Waals surface area (Å²) in [5.41, 5.74) is 2.05. The van der Waals surface area contributed by atoms with E-state index in [2.05, 4.69) is 0 Å². The van der Waals surface area contributed by atoms with Crippen LogP contribution in [0.3, 0.4) is 0 Å². The lowest BCUT2D eigenvalue weighted by molar-refractivity contribution is -0.136. The van der Waals surface area contributed by atoms with Crippen LogP contribution in [0.1, 0.15) is 24.0 Å². The minimum Gasteiger partial charge on any atom is -0.493 e. The van der Waals surface area contributed by atoms with Crippen LogP contribution in [0.5, 0.6) is 11.5 Å². The van der Waals surface area contributed by atoms with Gasteiger partial charge in [-0.15, -0.1) is 0 Å². The molecule has 0 saturated heterocycles. The Kier molecular flexibility index (Phi) is 5.24. The summed E-state index contributed by atoms with van der Waals surface area (Å²) in [4.78, 5) is 10.4. The molecule has 1 aromatic rings. The van der Waals surface area contributed by atoms with Gasteiger partial charge >= 0.3 is 5.97 Å². The van der Waals surface area contributed by atoms with Gasteiger partial charge in [0.1, 0.15) is 0 Å². The molecule has 0 aliphatic carbocycles. The average molecular weight is 250 g/mol. The van der Waals surface area contributed by atoms with Gasteiger partial charge in [0.15, 0.2) is 11.5 Å². The van der Waals surface area contributed by atoms with Crippen molar-refractivity contribution >= 4 is 12.0 Å². The number of rotatable bonds is 6. The van der Waals surface area contributed by atoms with Gasteiger partial charge in [-0.25, -0.2) is 0 Å². The second kappa shape index (κ2) is 6.69. The summed E-state index contributed by atoms with van der Waals surface area (Å²) in [6.07, 6.45) is 4.41. The molecule has 0 aliphatic heterocycles. The molecule has 0 radical (unpaired) electrons. The van der Waals surface area contributed by atoms with Gasteiger partial charge in [-0.3, -0.25) is 4.79 Å². The number of benzene rings is 1. The highest BCUT2D eigenvalue weighted by Crippen LogP contribution is 2.30. The summed E-state index contributed by atoms with van der Waals surface area (Å²) in [6.45, 7) is 1.97. The predicted octanol–water partition coefficient (Wildman–Crippen LogP) is 2.89. The zero-order valence-corrected chi connectivity index (χ0v) is 10.9. The molecule has 0 aromatic heterocycles. The van der Waals surface area contributed by atoms with Crippen molar-refractivity contribution in [2.24, 2.45) is 0 Å². The van der Waals surface area contributed by atoms with Crippen molar-refractivity contribution in [2.45, 2.75) is 19.8 Å². The van der Waals surface area contributed by atoms with E-state index in [0.717, 1.165) is 11.1 Å². The first-order valence-corrected chi connectivity index (χ1v) is 5.69. The van der Waals surface area contributed by atoms with Gasteiger partial charge in [0, 0.05) is 6.42 Å². The van der Waals surface area contributed by atoms with Crippen LogP contribution in [0.2, 0.25) is 0 Å². The van der Waals surface area contributed by atoms with Crippen LogP contribution in [0.4, 0.5) is 0 Å². The van der Waals surface area contributed by atoms with Crippen LogP contribution in [-0.2, 0) is 4.79 Å². The number of hydrogen-bond donors (Lipinski definition) is 1. The third-order valence-corrected chi connectivity index (χ3v) is 2.59. The first-order chi connectivity index (χ1) is 8.58. The lowest BCUT2D eigenvalue weighted by atomic mass is 10.1. The van der Waals surface area contributed by atoms with E-state index in [0.29, 0.717) is 17.9 Å². The third kappa shape index (κ3) is 3.80. The molecule has 1 N–H and O–H groups in total. The van der Waals surface area contributed by atoms with E-state index >= 15 is 0 Å². The molecule has 4 nitrogen and oxygen atoms in total. The fourth-order valence-electron chi connectivity index (χ4n) is 1.59. The number of allylic oxidation sites excluding steroid dienone is 1. The van der Waals surface area contributed by atoms with Gasteiger partial charge in [-0.1, -0.05) is 12.2 Å². The molecule has 18 heavy (non-hydrogen) atoms. The topological polar surface area (TPSA) is 55.8 Å². The van der Waals surface area contributed by atoms with E-state index < -0.39 is 5.97 Å². The standard InChI is InChI=1S/C14H18O4/c1-10-8-12(17-2)13(18-3)9-11(10)6-4-5-7-14(15)16/h4,6,8-9H,5,7H2,1-3H3,(H,15,16). The Morgan fingerprint density at radius 1 is 1.28 bits per heavy atom. The Morgan fingerprint density at radius 3 is 2.44 bits per heavy atom. The molecule has 0 unspecified atom stereocenters. The molecule has 98 valence electrons. The lowest BCUT2D eigenvalue weighted by Crippen LogP contribution is -1.93. The van der Waals surface area contributed by atoms with E-state index in [1.54, 1.807) is 14.2 Å². The van der Waals surface area contributed by atoms with Crippen molar-refractivity contribution in [1.82, 2.24) is 0 Å². The number of aryl methyl sites for hydroxylation is 1. The summed E-state index contributed by atoms with van der Waals surface area (Å²) < 4.78 is 10.4. The highest BCUT2D eigenvalue weighted by molar-refractivity contribution is 5.67. The van der Waals surface area contributed by atoms with Gasteiger partial charge in [0.2, 0.25) is 0 Å². The van der Waals surface area contributed by atoms with Crippen molar-refractivity contribution in [3.05, 3.63) is 29.3 Å². The van der Waals surface area contributed by atoms with Gasteiger partial charge in [0.25, 0.3) is 0 Å². The second-order valence-corrected chi connectivity index (χ2v) is 3.90. The summed E-state index contributed by atoms with van der Waals surface area (Å²) in [5.74, 6) is 0.572. The lowest BCUT2D eigenvalue weighted by Gasteiger charge is -2.10. The monoisotopic (exact) mass is 250 g/mol. The zero-order valence-electron chi connectivity index (χ0n) is 10.9. The van der Waals surface area contributed by atoms with Crippen molar-refractivity contribution in [1.29, 1.82) is 0 Å². The predicted molar refractivity (Wildman–Crippen MR) is 70.2 cm³/mol. The van der Waals surface area contributed by atoms with Crippen LogP contribution in [-0.4, -0.2) is 25.3 Å². The number of carboxylic acids is 1. The fraction of sp³-hybridized carbons (Fsp3) is 0.357. The molecule has 0 aliphatic rings. The molecule has 1 rings (SSSR count). The maximum absolute atomic E-state index is 10.4. The quantitative estimate of drug-likeness (QED) is 0.843. The van der Waals surface area contributed by atoms with Gasteiger partial charge in [0.05, 0.1) is 14.2 Å². The Bertz CT molecular complexity index is 449. The number of ether oxygens (including phenoxy) is 2. The molecule has 0 atom stereocenters. The van der Waals surface area contributed by atoms with Crippen LogP contribution in [0.25, 0.3) is 6.08 Å². The van der Waals surface area contributed by atoms with E-state index in [-0.39, 0.29) is 6.42 Å². The fourth-order valence-corrected chi connectivity index (χ4v) is 1.59. The number of carbonyl (C=O) groups is 1. The average Bonchev–Trinajstić information content (AvgIpc) is 2.35. The Balaban J connectivity index is 2.85. The normalized spacial score (nSPS) is 10.6. The molecule has 0 heterocycles. The SMILES string of the molecule is COc1cc(C)c(C=CCCC(=O)O)cc1OC. The highest BCUT2D eigenvalue weighted by atomic mass is 16.5. The Morgan fingerprint density at radius 2 is 1.89 bits per heavy atom. The molecule has 1 aromatic carbocycles. The molecule has 0 spiro atoms. The largest absolute Gasteiger partial charge is 0.493 e. The number of aliphatic carboxylic acids is 1. The van der Waals surface area contributed by atoms with Crippen molar-refractivity contribution in [2.75, 3.05) is 14.2 Å². The highest BCUT2D eigenvalue weighted by Gasteiger charge is 2.06. The molecule has 0 fully saturated rings. The van der Waals surface area contributed by atoms with Crippen molar-refractivity contribution in [3.8, 4) is 11.5 Å². The molecule has 0 bridgehead atoms. The molecule has 0 amide bonds. The Hall–Kier alpha value is -1.97. The second-order valence-electron chi connectivity index (χ2n) is 3.90. The van der Waals surface area contributed by atoms with Gasteiger partial charge in [-0.05, 0) is 36.6 Å². The van der Waals surface area contributed by atoms with Crippen LogP contribution in [0, 0.1) is 6.92 Å². The van der Waals surface area contributed by atoms with Crippen LogP contribution in [0.15, 0.2) is 18.2 Å². The molecule has 0 saturated carbocycles. The summed E-state index contributed by atoms with van der Waals surface area (Å²) in [5, 5.41) is 8.55. The zero-order chi connectivity index (χ0) is 13.5. The number of hydrogen-bond acceptors (Lipinski definition) is 3. The first-order valence-electron chi connectivity index (χ1n) is 5.69. The minimum atomic E-state index is -0.788. The minimum absolute atomic E-state index is 0.142. The summed E-state index contributed by atoms with van der Waals surface area (Å²) >= 11 is 0. The molecule has 4 heteroatoms. The summed E-state index contributed by atoms with van der Waals surface area (Å²) in [6, 6.07) is 3.78. The van der Waals surface area contributed by atoms with Gasteiger partial charge < -0.3 is 14.6 Å². The smallest absolute Gasteiger partial charge is 0.303 e. The number of methoxy groups -OCH3 is 2. The molecular weight excluding hydrogens is 232 g/mol. The van der Waals surface area contributed by atoms with E-state index in [9.17, 15) is 4.79 Å². The van der Waals surface area contributed by atoms with E-state index in [1.165, 1.54) is 0 Å². The molecular formula is C14H18O4. The van der Waals surface area contributed by atoms with Gasteiger partial charge in [-0.2, -0.15) is 0 Å². The first kappa shape index (κ1) is 14.1. The maximum atomic E-state index is 10.4. The Labute approximate surface area is 107 Å². The number of carboxylic acid groups (broad SMARTS) is 1. The van der Waals surface area contributed by atoms with Crippen molar-refractivity contribution in [3.63, 3.8) is 0 Å². The summed E-state index contributed by atoms with van der Waals surface area (Å²) in [7, 11) is 3.19. The maximum Gasteiger partial charge on any atom is 0.303 e. The van der Waals surface area contributed by atoms with Crippen molar-refractivity contribution < 1.29 is 19.4 Å². The van der Waals surface area contributed by atoms with E-state index in [1.807, 2.05) is 31.2 Å². The van der Waals surface area contributed by atoms with Crippen LogP contribution < -0.4 is 9.47 Å².